The maximum atomic E-state index is 14.2. The molecule has 0 unspecified atom stereocenters. The van der Waals surface area contributed by atoms with Gasteiger partial charge in [-0.25, -0.2) is 0 Å². The average Bonchev–Trinajstić information content (AvgIpc) is 2.98. The van der Waals surface area contributed by atoms with E-state index in [0.29, 0.717) is 18.4 Å². The minimum Gasteiger partial charge on any atom is -0.321 e. The molecule has 0 saturated carbocycles. The number of amides is 2. The molecule has 12 heteroatoms. The first-order valence-corrected chi connectivity index (χ1v) is 17.1. The summed E-state index contributed by atoms with van der Waals surface area (Å²) in [5.74, 6) is 0. The summed E-state index contributed by atoms with van der Waals surface area (Å²) in [6, 6.07) is 10.7. The molecule has 3 aliphatic carbocycles. The summed E-state index contributed by atoms with van der Waals surface area (Å²) < 4.78 is 38.2. The lowest BCUT2D eigenvalue weighted by molar-refractivity contribution is -0.109. The van der Waals surface area contributed by atoms with Crippen molar-refractivity contribution < 1.29 is 37.6 Å². The molecule has 10 nitrogen and oxygen atoms in total. The van der Waals surface area contributed by atoms with Crippen molar-refractivity contribution in [1.82, 2.24) is 0 Å². The molecule has 5 aliphatic rings. The fourth-order valence-corrected chi connectivity index (χ4v) is 8.11. The Balaban J connectivity index is 1.88. The molecule has 2 heterocycles. The molecule has 0 radical (unpaired) electrons. The normalized spacial score (nSPS) is 25.1. The lowest BCUT2D eigenvalue weighted by atomic mass is 9.73. The van der Waals surface area contributed by atoms with E-state index in [-0.39, 0.29) is 40.9 Å². The van der Waals surface area contributed by atoms with Crippen molar-refractivity contribution in [2.24, 2.45) is 5.41 Å². The van der Waals surface area contributed by atoms with Gasteiger partial charge in [-0.3, -0.25) is 28.5 Å². The smallest absolute Gasteiger partial charge is 0.321 e. The Hall–Kier alpha value is -3.88. The third kappa shape index (κ3) is 5.57. The monoisotopic (exact) mass is 634 g/mol. The molecular formula is C32H32N2O8P2. The lowest BCUT2D eigenvalue weighted by Gasteiger charge is -2.47. The second kappa shape index (κ2) is 12.3. The van der Waals surface area contributed by atoms with Crippen LogP contribution < -0.4 is 20.4 Å². The number of hydrogen-bond acceptors (Lipinski definition) is 6. The second-order valence-corrected chi connectivity index (χ2v) is 13.8. The quantitative estimate of drug-likeness (QED) is 0.214. The molecule has 2 aromatic rings. The van der Waals surface area contributed by atoms with Gasteiger partial charge in [0.2, 0.25) is 12.8 Å². The van der Waals surface area contributed by atoms with Crippen molar-refractivity contribution in [3.63, 3.8) is 0 Å². The summed E-state index contributed by atoms with van der Waals surface area (Å²) in [6.45, 7) is 3.52. The molecular weight excluding hydrogens is 602 g/mol. The molecule has 0 spiro atoms. The van der Waals surface area contributed by atoms with E-state index >= 15 is 0 Å². The number of para-hydroxylation sites is 1. The van der Waals surface area contributed by atoms with Crippen LogP contribution in [0.5, 0.6) is 0 Å². The standard InChI is InChI=1S/C32H32N2O8P2/c1-3-41-44(40,42-4-2)29-15-14-25-11-7-8-16-31-17-9-10-18-32(20-19-31,34(24-36)27(29)21-25)30(22-31)33(23-35)26-12-5-6-13-28(26)43(37,38)39/h5-24H,3-4H2,1-2H3,(H2,37,38,39)/b11-7+,16-8-,17-9-,18-10-/t31-,32+/m0/s1. The van der Waals surface area contributed by atoms with Gasteiger partial charge in [0.15, 0.2) is 0 Å². The van der Waals surface area contributed by atoms with Crippen molar-refractivity contribution in [2.45, 2.75) is 19.4 Å². The van der Waals surface area contributed by atoms with E-state index in [4.69, 9.17) is 9.05 Å². The Morgan fingerprint density at radius 1 is 0.864 bits per heavy atom. The summed E-state index contributed by atoms with van der Waals surface area (Å²) in [5.41, 5.74) is -1.40. The van der Waals surface area contributed by atoms with Crippen molar-refractivity contribution in [3.05, 3.63) is 114 Å². The summed E-state index contributed by atoms with van der Waals surface area (Å²) in [7, 11) is -8.81. The molecule has 2 amide bonds. The number of hydrogen-bond donors (Lipinski definition) is 2. The number of anilines is 2. The molecule has 228 valence electrons. The minimum atomic E-state index is -4.85. The van der Waals surface area contributed by atoms with Crippen molar-refractivity contribution >= 4 is 56.1 Å². The van der Waals surface area contributed by atoms with Crippen LogP contribution in [0.3, 0.4) is 0 Å². The summed E-state index contributed by atoms with van der Waals surface area (Å²) in [6.07, 6.45) is 20.9. The minimum absolute atomic E-state index is 0.0568. The summed E-state index contributed by atoms with van der Waals surface area (Å²) >= 11 is 0. The molecule has 2 aliphatic heterocycles. The van der Waals surface area contributed by atoms with Crippen LogP contribution in [0.25, 0.3) is 6.08 Å². The topological polar surface area (TPSA) is 134 Å². The van der Waals surface area contributed by atoms with Gasteiger partial charge in [-0.05, 0) is 55.8 Å². The van der Waals surface area contributed by atoms with E-state index < -0.39 is 26.1 Å². The number of carbonyl (C=O) groups is 2. The first-order chi connectivity index (χ1) is 21.1. The molecule has 0 fully saturated rings. The zero-order valence-corrected chi connectivity index (χ0v) is 25.9. The van der Waals surface area contributed by atoms with Crippen LogP contribution in [0.4, 0.5) is 11.4 Å². The van der Waals surface area contributed by atoms with Gasteiger partial charge >= 0.3 is 15.2 Å². The highest BCUT2D eigenvalue weighted by atomic mass is 31.2. The fraction of sp³-hybridized carbons (Fsp3) is 0.188. The highest BCUT2D eigenvalue weighted by molar-refractivity contribution is 7.62. The fourth-order valence-electron chi connectivity index (χ4n) is 5.61. The molecule has 2 aromatic carbocycles. The molecule has 7 rings (SSSR count). The summed E-state index contributed by atoms with van der Waals surface area (Å²) in [4.78, 5) is 49.2. The van der Waals surface area contributed by atoms with E-state index in [1.165, 1.54) is 23.1 Å². The van der Waals surface area contributed by atoms with Crippen LogP contribution in [-0.4, -0.2) is 41.4 Å². The second-order valence-electron chi connectivity index (χ2n) is 10.2. The summed E-state index contributed by atoms with van der Waals surface area (Å²) in [5, 5.41) is -0.230. The molecule has 44 heavy (non-hydrogen) atoms. The Morgan fingerprint density at radius 3 is 2.20 bits per heavy atom. The van der Waals surface area contributed by atoms with E-state index in [1.54, 1.807) is 62.4 Å². The maximum absolute atomic E-state index is 14.2. The van der Waals surface area contributed by atoms with Gasteiger partial charge in [-0.15, -0.1) is 0 Å². The van der Waals surface area contributed by atoms with Crippen molar-refractivity contribution in [2.75, 3.05) is 23.0 Å². The third-order valence-electron chi connectivity index (χ3n) is 7.53. The Labute approximate surface area is 255 Å². The highest BCUT2D eigenvalue weighted by Gasteiger charge is 2.47. The molecule has 2 N–H and O–H groups in total. The first-order valence-electron chi connectivity index (χ1n) is 13.9. The van der Waals surface area contributed by atoms with Gasteiger partial charge in [-0.2, -0.15) is 0 Å². The Bertz CT molecular complexity index is 1740. The zero-order chi connectivity index (χ0) is 31.6. The van der Waals surface area contributed by atoms with E-state index in [0.717, 1.165) is 4.90 Å². The van der Waals surface area contributed by atoms with Gasteiger partial charge in [0.1, 0.15) is 5.54 Å². The van der Waals surface area contributed by atoms with Crippen LogP contribution in [0.15, 0.2) is 109 Å². The maximum Gasteiger partial charge on any atom is 0.363 e. The SMILES string of the molecule is CCOP(=O)(OCC)c1ccc2cc1N(C=O)[C@]13C=C[C@@](C=C1N(C=O)c1ccccc1P(=O)(O)O)(/C=C\C=C/3)/C=C\C=C\2. The predicted octanol–water partition coefficient (Wildman–Crippen LogP) is 4.89. The van der Waals surface area contributed by atoms with E-state index in [1.807, 2.05) is 42.5 Å². The highest BCUT2D eigenvalue weighted by Crippen LogP contribution is 2.52. The predicted molar refractivity (Wildman–Crippen MR) is 171 cm³/mol. The number of benzene rings is 2. The first kappa shape index (κ1) is 31.5. The van der Waals surface area contributed by atoms with Crippen LogP contribution in [0.1, 0.15) is 19.4 Å². The zero-order valence-electron chi connectivity index (χ0n) is 24.1. The third-order valence-corrected chi connectivity index (χ3v) is 10.7. The number of allylic oxidation sites excluding steroid dienone is 8. The van der Waals surface area contributed by atoms with E-state index in [2.05, 4.69) is 0 Å². The Kier molecular flexibility index (Phi) is 8.78. The van der Waals surface area contributed by atoms with Gasteiger partial charge in [-0.1, -0.05) is 72.9 Å². The lowest BCUT2D eigenvalue weighted by Crippen LogP contribution is -2.55. The average molecular weight is 635 g/mol. The van der Waals surface area contributed by atoms with Crippen molar-refractivity contribution in [1.29, 1.82) is 0 Å². The van der Waals surface area contributed by atoms with Gasteiger partial charge in [0.05, 0.1) is 40.9 Å². The van der Waals surface area contributed by atoms with Crippen LogP contribution in [0.2, 0.25) is 0 Å². The number of fused-ring (bicyclic) bond motifs is 2. The van der Waals surface area contributed by atoms with Crippen LogP contribution in [0, 0.1) is 5.41 Å². The molecule has 0 aromatic heterocycles. The van der Waals surface area contributed by atoms with Crippen LogP contribution in [-0.2, 0) is 27.8 Å². The Morgan fingerprint density at radius 2 is 1.55 bits per heavy atom. The molecule has 4 bridgehead atoms. The van der Waals surface area contributed by atoms with Gasteiger partial charge < -0.3 is 18.8 Å². The number of rotatable bonds is 10. The molecule has 0 saturated heterocycles. The van der Waals surface area contributed by atoms with Gasteiger partial charge in [0, 0.05) is 5.41 Å². The van der Waals surface area contributed by atoms with Crippen molar-refractivity contribution in [3.8, 4) is 0 Å². The van der Waals surface area contributed by atoms with Crippen LogP contribution >= 0.6 is 15.2 Å². The number of carbonyl (C=O) groups excluding carboxylic acids is 2. The van der Waals surface area contributed by atoms with E-state index in [9.17, 15) is 28.5 Å². The molecule has 2 atom stereocenters. The largest absolute Gasteiger partial charge is 0.363 e. The van der Waals surface area contributed by atoms with Gasteiger partial charge in [0.25, 0.3) is 0 Å². The number of nitrogens with zero attached hydrogens (tertiary/aromatic N) is 2.